The van der Waals surface area contributed by atoms with Gasteiger partial charge in [0, 0.05) is 0 Å². The minimum Gasteiger partial charge on any atom is -0.464 e. The van der Waals surface area contributed by atoms with Crippen LogP contribution in [0.2, 0.25) is 0 Å². The molecule has 0 aromatic carbocycles. The molecule has 2 heteroatoms. The first-order chi connectivity index (χ1) is 5.38. The van der Waals surface area contributed by atoms with Gasteiger partial charge in [-0.2, -0.15) is 0 Å². The van der Waals surface area contributed by atoms with Crippen LogP contribution < -0.4 is 0 Å². The molecule has 0 radical (unpaired) electrons. The molecule has 2 unspecified atom stereocenters. The topological polar surface area (TPSA) is 26.3 Å². The van der Waals surface area contributed by atoms with E-state index in [2.05, 4.69) is 6.92 Å². The van der Waals surface area contributed by atoms with E-state index in [1.807, 2.05) is 0 Å². The van der Waals surface area contributed by atoms with E-state index in [0.29, 0.717) is 12.4 Å². The lowest BCUT2D eigenvalue weighted by Crippen LogP contribution is -2.26. The quantitative estimate of drug-likeness (QED) is 0.585. The van der Waals surface area contributed by atoms with E-state index >= 15 is 0 Å². The highest BCUT2D eigenvalue weighted by Crippen LogP contribution is 2.28. The summed E-state index contributed by atoms with van der Waals surface area (Å²) in [6, 6.07) is 0. The minimum absolute atomic E-state index is 0.214. The molecule has 11 heavy (non-hydrogen) atoms. The van der Waals surface area contributed by atoms with E-state index in [1.165, 1.54) is 19.3 Å². The number of carbonyl (C=O) groups excluding carboxylic acids is 1. The van der Waals surface area contributed by atoms with Crippen LogP contribution in [0.25, 0.3) is 0 Å². The highest BCUT2D eigenvalue weighted by molar-refractivity contribution is 5.37. The average molecular weight is 156 g/mol. The van der Waals surface area contributed by atoms with Crippen molar-refractivity contribution in [2.24, 2.45) is 5.92 Å². The third kappa shape index (κ3) is 2.21. The molecule has 0 aromatic heterocycles. The molecule has 1 rings (SSSR count). The highest BCUT2D eigenvalue weighted by atomic mass is 16.5. The van der Waals surface area contributed by atoms with Gasteiger partial charge in [-0.25, -0.2) is 0 Å². The fraction of sp³-hybridized carbons (Fsp3) is 0.889. The van der Waals surface area contributed by atoms with Gasteiger partial charge < -0.3 is 4.74 Å². The van der Waals surface area contributed by atoms with Gasteiger partial charge in [0.1, 0.15) is 6.10 Å². The van der Waals surface area contributed by atoms with Crippen molar-refractivity contribution < 1.29 is 9.53 Å². The molecule has 0 N–H and O–H groups in total. The van der Waals surface area contributed by atoms with Crippen LogP contribution in [0, 0.1) is 5.92 Å². The molecule has 2 atom stereocenters. The van der Waals surface area contributed by atoms with Crippen LogP contribution >= 0.6 is 0 Å². The van der Waals surface area contributed by atoms with Crippen molar-refractivity contribution >= 4 is 6.47 Å². The van der Waals surface area contributed by atoms with Crippen molar-refractivity contribution in [2.75, 3.05) is 0 Å². The van der Waals surface area contributed by atoms with E-state index in [1.54, 1.807) is 0 Å². The second-order valence-electron chi connectivity index (χ2n) is 3.22. The van der Waals surface area contributed by atoms with Gasteiger partial charge in [-0.15, -0.1) is 0 Å². The summed E-state index contributed by atoms with van der Waals surface area (Å²) in [6.07, 6.45) is 6.17. The molecule has 0 bridgehead atoms. The molecule has 0 saturated heterocycles. The Bertz CT molecular complexity index is 123. The molecule has 64 valence electrons. The number of hydrogen-bond acceptors (Lipinski definition) is 2. The lowest BCUT2D eigenvalue weighted by atomic mass is 9.85. The summed E-state index contributed by atoms with van der Waals surface area (Å²) in [5, 5.41) is 0. The zero-order chi connectivity index (χ0) is 8.10. The first-order valence-corrected chi connectivity index (χ1v) is 4.47. The molecule has 0 aliphatic heterocycles. The van der Waals surface area contributed by atoms with Crippen LogP contribution in [0.5, 0.6) is 0 Å². The molecule has 1 aliphatic carbocycles. The minimum atomic E-state index is 0.214. The molecule has 0 aromatic rings. The Kier molecular flexibility index (Phi) is 3.40. The van der Waals surface area contributed by atoms with Crippen LogP contribution in [0.1, 0.15) is 39.0 Å². The predicted octanol–water partition coefficient (Wildman–Crippen LogP) is 2.13. The van der Waals surface area contributed by atoms with Crippen LogP contribution in [0.3, 0.4) is 0 Å². The second-order valence-corrected chi connectivity index (χ2v) is 3.22. The normalized spacial score (nSPS) is 31.4. The third-order valence-corrected chi connectivity index (χ3v) is 2.59. The van der Waals surface area contributed by atoms with Gasteiger partial charge in [-0.05, 0) is 31.6 Å². The number of rotatable bonds is 3. The van der Waals surface area contributed by atoms with E-state index in [9.17, 15) is 4.79 Å². The van der Waals surface area contributed by atoms with Crippen molar-refractivity contribution in [1.29, 1.82) is 0 Å². The Morgan fingerprint density at radius 2 is 2.18 bits per heavy atom. The fourth-order valence-electron chi connectivity index (χ4n) is 1.89. The fourth-order valence-corrected chi connectivity index (χ4v) is 1.89. The second kappa shape index (κ2) is 4.37. The van der Waals surface area contributed by atoms with Crippen LogP contribution in [-0.2, 0) is 9.53 Å². The molecule has 1 saturated carbocycles. The molecule has 0 amide bonds. The maximum Gasteiger partial charge on any atom is 0.293 e. The van der Waals surface area contributed by atoms with Gasteiger partial charge in [-0.3, -0.25) is 4.79 Å². The summed E-state index contributed by atoms with van der Waals surface area (Å²) in [4.78, 5) is 10.1. The number of carbonyl (C=O) groups is 1. The van der Waals surface area contributed by atoms with Crippen LogP contribution in [0.15, 0.2) is 0 Å². The van der Waals surface area contributed by atoms with Gasteiger partial charge in [0.05, 0.1) is 0 Å². The van der Waals surface area contributed by atoms with Crippen molar-refractivity contribution in [1.82, 2.24) is 0 Å². The van der Waals surface area contributed by atoms with Gasteiger partial charge in [0.25, 0.3) is 6.47 Å². The molecule has 0 heterocycles. The van der Waals surface area contributed by atoms with Crippen molar-refractivity contribution in [3.8, 4) is 0 Å². The Hall–Kier alpha value is -0.530. The summed E-state index contributed by atoms with van der Waals surface area (Å²) in [5.74, 6) is 0.619. The summed E-state index contributed by atoms with van der Waals surface area (Å²) in [7, 11) is 0. The summed E-state index contributed by atoms with van der Waals surface area (Å²) < 4.78 is 5.01. The monoisotopic (exact) mass is 156 g/mol. The first kappa shape index (κ1) is 8.57. The van der Waals surface area contributed by atoms with Crippen LogP contribution in [0.4, 0.5) is 0 Å². The molecule has 1 fully saturated rings. The molecular formula is C9H16O2. The Morgan fingerprint density at radius 3 is 2.82 bits per heavy atom. The van der Waals surface area contributed by atoms with Gasteiger partial charge in [0.2, 0.25) is 0 Å². The Balaban J connectivity index is 2.37. The summed E-state index contributed by atoms with van der Waals surface area (Å²) in [6.45, 7) is 2.76. The van der Waals surface area contributed by atoms with Gasteiger partial charge in [-0.1, -0.05) is 13.3 Å². The maximum atomic E-state index is 10.1. The molecular weight excluding hydrogens is 140 g/mol. The smallest absolute Gasteiger partial charge is 0.293 e. The third-order valence-electron chi connectivity index (χ3n) is 2.59. The largest absolute Gasteiger partial charge is 0.464 e. The molecule has 2 nitrogen and oxygen atoms in total. The summed E-state index contributed by atoms with van der Waals surface area (Å²) in [5.41, 5.74) is 0. The van der Waals surface area contributed by atoms with E-state index in [-0.39, 0.29) is 6.10 Å². The number of hydrogen-bond donors (Lipinski definition) is 0. The van der Waals surface area contributed by atoms with Gasteiger partial charge in [0.15, 0.2) is 0 Å². The molecule has 1 aliphatic rings. The Labute approximate surface area is 67.9 Å². The first-order valence-electron chi connectivity index (χ1n) is 4.47. The Morgan fingerprint density at radius 1 is 1.45 bits per heavy atom. The summed E-state index contributed by atoms with van der Waals surface area (Å²) >= 11 is 0. The SMILES string of the molecule is CCC1CCCCC1OC=O. The maximum absolute atomic E-state index is 10.1. The van der Waals surface area contributed by atoms with E-state index in [0.717, 1.165) is 12.8 Å². The zero-order valence-electron chi connectivity index (χ0n) is 7.08. The van der Waals surface area contributed by atoms with E-state index < -0.39 is 0 Å². The lowest BCUT2D eigenvalue weighted by molar-refractivity contribution is -0.137. The van der Waals surface area contributed by atoms with Crippen molar-refractivity contribution in [2.45, 2.75) is 45.1 Å². The molecule has 0 spiro atoms. The van der Waals surface area contributed by atoms with Gasteiger partial charge >= 0.3 is 0 Å². The average Bonchev–Trinajstić information content (AvgIpc) is 2.06. The zero-order valence-corrected chi connectivity index (χ0v) is 7.08. The lowest BCUT2D eigenvalue weighted by Gasteiger charge is -2.28. The predicted molar refractivity (Wildman–Crippen MR) is 43.2 cm³/mol. The standard InChI is InChI=1S/C9H16O2/c1-2-8-5-3-4-6-9(8)11-7-10/h7-9H,2-6H2,1H3. The van der Waals surface area contributed by atoms with Crippen molar-refractivity contribution in [3.05, 3.63) is 0 Å². The van der Waals surface area contributed by atoms with E-state index in [4.69, 9.17) is 4.74 Å². The van der Waals surface area contributed by atoms with Crippen LogP contribution in [-0.4, -0.2) is 12.6 Å². The van der Waals surface area contributed by atoms with Crippen molar-refractivity contribution in [3.63, 3.8) is 0 Å². The highest BCUT2D eigenvalue weighted by Gasteiger charge is 2.24. The number of ether oxygens (including phenoxy) is 1.